The molecule has 2 fully saturated rings. The second-order valence-corrected chi connectivity index (χ2v) is 11.2. The average Bonchev–Trinajstić information content (AvgIpc) is 3.55. The van der Waals surface area contributed by atoms with Gasteiger partial charge in [0.15, 0.2) is 0 Å². The van der Waals surface area contributed by atoms with Crippen molar-refractivity contribution in [3.8, 4) is 0 Å². The molecule has 10 heteroatoms. The van der Waals surface area contributed by atoms with Crippen LogP contribution in [0.1, 0.15) is 50.8 Å². The van der Waals surface area contributed by atoms with Gasteiger partial charge in [-0.25, -0.2) is 0 Å². The van der Waals surface area contributed by atoms with Gasteiger partial charge in [0.25, 0.3) is 0 Å². The van der Waals surface area contributed by atoms with Crippen LogP contribution in [0.5, 0.6) is 0 Å². The van der Waals surface area contributed by atoms with E-state index in [-0.39, 0.29) is 6.04 Å². The molecule has 2 N–H and O–H groups in total. The van der Waals surface area contributed by atoms with E-state index in [1.807, 2.05) is 0 Å². The van der Waals surface area contributed by atoms with Gasteiger partial charge in [0, 0.05) is 36.3 Å². The number of hydrogen-bond donors (Lipinski definition) is 2. The maximum absolute atomic E-state index is 13.5. The first-order valence-corrected chi connectivity index (χ1v) is 13.4. The fraction of sp³-hybridized carbons (Fsp3) is 0.464. The minimum Gasteiger partial charge on any atom is -0.327 e. The normalized spacial score (nSPS) is 24.7. The number of aromatic nitrogens is 5. The fourth-order valence-corrected chi connectivity index (χ4v) is 6.15. The summed E-state index contributed by atoms with van der Waals surface area (Å²) in [7, 11) is 2.17. The zero-order chi connectivity index (χ0) is 26.4. The summed E-state index contributed by atoms with van der Waals surface area (Å²) in [5, 5.41) is 16.4. The van der Waals surface area contributed by atoms with Gasteiger partial charge in [0.1, 0.15) is 0 Å². The molecule has 4 aromatic rings. The Balaban J connectivity index is 1.25. The number of nitrogens with zero attached hydrogens (tertiary/aromatic N) is 6. The molecule has 0 spiro atoms. The third-order valence-corrected chi connectivity index (χ3v) is 8.21. The molecule has 1 unspecified atom stereocenters. The lowest BCUT2D eigenvalue weighted by Crippen LogP contribution is -2.46. The number of H-pyrrole nitrogens is 1. The van der Waals surface area contributed by atoms with Crippen LogP contribution in [-0.2, 0) is 9.59 Å². The summed E-state index contributed by atoms with van der Waals surface area (Å²) in [6.07, 6.45) is 9.84. The van der Waals surface area contributed by atoms with Crippen LogP contribution in [0.2, 0.25) is 0 Å². The van der Waals surface area contributed by atoms with E-state index in [2.05, 4.69) is 75.4 Å². The van der Waals surface area contributed by atoms with E-state index >= 15 is 0 Å². The number of nitrogens with one attached hydrogen (secondary N) is 2. The van der Waals surface area contributed by atoms with Crippen molar-refractivity contribution in [2.45, 2.75) is 45.2 Å². The zero-order valence-corrected chi connectivity index (χ0v) is 22.1. The Labute approximate surface area is 221 Å². The molecule has 10 nitrogen and oxygen atoms in total. The molecule has 0 aliphatic carbocycles. The highest BCUT2D eigenvalue weighted by Crippen LogP contribution is 2.35. The summed E-state index contributed by atoms with van der Waals surface area (Å²) in [6, 6.07) is 6.48. The molecule has 2 aliphatic rings. The Morgan fingerprint density at radius 1 is 1.05 bits per heavy atom. The first kappa shape index (κ1) is 24.5. The molecule has 1 aromatic carbocycles. The molecule has 2 aliphatic heterocycles. The topological polar surface area (TPSA) is 112 Å². The Hall–Kier alpha value is -3.79. The number of anilines is 1. The van der Waals surface area contributed by atoms with Crippen molar-refractivity contribution < 1.29 is 9.59 Å². The van der Waals surface area contributed by atoms with Crippen molar-refractivity contribution >= 4 is 39.3 Å². The molecule has 5 heterocycles. The van der Waals surface area contributed by atoms with Gasteiger partial charge < -0.3 is 15.1 Å². The van der Waals surface area contributed by atoms with E-state index in [1.54, 1.807) is 17.3 Å². The van der Waals surface area contributed by atoms with Crippen LogP contribution in [-0.4, -0.2) is 73.3 Å². The van der Waals surface area contributed by atoms with Crippen LogP contribution in [0.4, 0.5) is 5.69 Å². The highest BCUT2D eigenvalue weighted by molar-refractivity contribution is 6.40. The molecule has 2 amide bonds. The minimum atomic E-state index is -0.672. The van der Waals surface area contributed by atoms with Crippen molar-refractivity contribution in [3.05, 3.63) is 48.5 Å². The highest BCUT2D eigenvalue weighted by Gasteiger charge is 2.35. The van der Waals surface area contributed by atoms with E-state index in [0.29, 0.717) is 35.6 Å². The maximum atomic E-state index is 13.5. The molecule has 0 saturated carbocycles. The Kier molecular flexibility index (Phi) is 6.35. The molecule has 6 rings (SSSR count). The van der Waals surface area contributed by atoms with Crippen molar-refractivity contribution in [1.82, 2.24) is 34.8 Å². The second kappa shape index (κ2) is 9.83. The van der Waals surface area contributed by atoms with Gasteiger partial charge in [0.2, 0.25) is 0 Å². The fourth-order valence-electron chi connectivity index (χ4n) is 6.15. The molecule has 198 valence electrons. The van der Waals surface area contributed by atoms with Gasteiger partial charge in [0.05, 0.1) is 41.2 Å². The third-order valence-electron chi connectivity index (χ3n) is 8.21. The lowest BCUT2D eigenvalue weighted by molar-refractivity contribution is -0.146. The summed E-state index contributed by atoms with van der Waals surface area (Å²) in [5.74, 6) is -0.371. The number of fused-ring (bicyclic) bond motifs is 2. The second-order valence-electron chi connectivity index (χ2n) is 11.2. The zero-order valence-electron chi connectivity index (χ0n) is 22.1. The molecule has 4 atom stereocenters. The van der Waals surface area contributed by atoms with Gasteiger partial charge in [-0.1, -0.05) is 26.0 Å². The molecule has 2 saturated heterocycles. The molecule has 0 radical (unpaired) electrons. The predicted molar refractivity (Wildman–Crippen MR) is 145 cm³/mol. The number of piperidine rings is 2. The number of pyridine rings is 1. The summed E-state index contributed by atoms with van der Waals surface area (Å²) < 4.78 is 2.13. The van der Waals surface area contributed by atoms with Gasteiger partial charge >= 0.3 is 11.8 Å². The van der Waals surface area contributed by atoms with Gasteiger partial charge in [-0.05, 0) is 56.3 Å². The number of rotatable bonds is 3. The van der Waals surface area contributed by atoms with Crippen LogP contribution in [0, 0.1) is 11.8 Å². The number of amides is 2. The maximum Gasteiger partial charge on any atom is 0.314 e. The van der Waals surface area contributed by atoms with Gasteiger partial charge in [-0.15, -0.1) is 0 Å². The SMILES string of the molecule is C[C@H]1CC[C@H](c2ccc3cn(C4CCN(C)C[C@@H]4C)nc3c2)N(C(=O)C(=O)Nc2cncc3cn[nH]c23)C1. The van der Waals surface area contributed by atoms with Crippen LogP contribution in [0.25, 0.3) is 21.8 Å². The Bertz CT molecular complexity index is 1490. The standard InChI is InChI=1S/C28H34N8O2/c1-17-4-7-25(35(14-17)28(38)27(37)31-23-13-29-11-21-12-30-32-26(21)23)19-5-6-20-16-36(33-22(20)10-19)24-8-9-34(3)15-18(24)2/h5-6,10-13,16-18,24-25H,4,7-9,14-15H2,1-3H3,(H,30,32)(H,31,37)/t17-,18-,24?,25+/m0/s1. The summed E-state index contributed by atoms with van der Waals surface area (Å²) in [6.45, 7) is 7.08. The summed E-state index contributed by atoms with van der Waals surface area (Å²) >= 11 is 0. The van der Waals surface area contributed by atoms with E-state index in [0.717, 1.165) is 54.2 Å². The van der Waals surface area contributed by atoms with Crippen LogP contribution in [0.3, 0.4) is 0 Å². The number of carbonyl (C=O) groups excluding carboxylic acids is 2. The monoisotopic (exact) mass is 514 g/mol. The lowest BCUT2D eigenvalue weighted by Gasteiger charge is -2.38. The molecule has 38 heavy (non-hydrogen) atoms. The smallest absolute Gasteiger partial charge is 0.314 e. The number of hydrogen-bond acceptors (Lipinski definition) is 6. The largest absolute Gasteiger partial charge is 0.327 e. The van der Waals surface area contributed by atoms with E-state index in [4.69, 9.17) is 5.10 Å². The van der Waals surface area contributed by atoms with Crippen LogP contribution < -0.4 is 5.32 Å². The number of aromatic amines is 1. The van der Waals surface area contributed by atoms with E-state index in [9.17, 15) is 9.59 Å². The predicted octanol–water partition coefficient (Wildman–Crippen LogP) is 3.76. The first-order chi connectivity index (χ1) is 18.4. The quantitative estimate of drug-likeness (QED) is 0.403. The van der Waals surface area contributed by atoms with Gasteiger partial charge in [-0.2, -0.15) is 10.2 Å². The van der Waals surface area contributed by atoms with E-state index < -0.39 is 11.8 Å². The molecule has 0 bridgehead atoms. The van der Waals surface area contributed by atoms with Crippen molar-refractivity contribution in [3.63, 3.8) is 0 Å². The number of carbonyl (C=O) groups is 2. The number of benzene rings is 1. The minimum absolute atomic E-state index is 0.178. The first-order valence-electron chi connectivity index (χ1n) is 13.4. The van der Waals surface area contributed by atoms with Crippen molar-refractivity contribution in [2.75, 3.05) is 32.0 Å². The molecular weight excluding hydrogens is 480 g/mol. The van der Waals surface area contributed by atoms with Crippen molar-refractivity contribution in [1.29, 1.82) is 0 Å². The Morgan fingerprint density at radius 2 is 1.92 bits per heavy atom. The summed E-state index contributed by atoms with van der Waals surface area (Å²) in [5.41, 5.74) is 3.03. The van der Waals surface area contributed by atoms with Crippen molar-refractivity contribution in [2.24, 2.45) is 11.8 Å². The summed E-state index contributed by atoms with van der Waals surface area (Å²) in [4.78, 5) is 34.9. The van der Waals surface area contributed by atoms with Gasteiger partial charge in [-0.3, -0.25) is 24.4 Å². The average molecular weight is 515 g/mol. The third kappa shape index (κ3) is 4.53. The Morgan fingerprint density at radius 3 is 2.76 bits per heavy atom. The van der Waals surface area contributed by atoms with Crippen LogP contribution >= 0.6 is 0 Å². The van der Waals surface area contributed by atoms with Crippen LogP contribution in [0.15, 0.2) is 43.0 Å². The molecule has 3 aromatic heterocycles. The number of likely N-dealkylation sites (tertiary alicyclic amines) is 2. The molecular formula is C28H34N8O2. The lowest BCUT2D eigenvalue weighted by atomic mass is 9.89. The highest BCUT2D eigenvalue weighted by atomic mass is 16.2. The van der Waals surface area contributed by atoms with E-state index in [1.165, 1.54) is 6.20 Å².